The van der Waals surface area contributed by atoms with E-state index in [0.717, 1.165) is 16.7 Å². The van der Waals surface area contributed by atoms with E-state index < -0.39 is 6.04 Å². The lowest BCUT2D eigenvalue weighted by molar-refractivity contribution is -0.138. The van der Waals surface area contributed by atoms with Crippen LogP contribution in [0.3, 0.4) is 0 Å². The molecule has 0 saturated heterocycles. The fraction of sp³-hybridized carbons (Fsp3) is 0.333. The molecule has 1 N–H and O–H groups in total. The van der Waals surface area contributed by atoms with E-state index in [-0.39, 0.29) is 17.6 Å². The minimum absolute atomic E-state index is 0.107. The van der Waals surface area contributed by atoms with E-state index in [1.165, 1.54) is 11.8 Å². The number of benzene rings is 2. The van der Waals surface area contributed by atoms with Crippen molar-refractivity contribution in [1.82, 2.24) is 10.2 Å². The van der Waals surface area contributed by atoms with Crippen molar-refractivity contribution in [2.24, 2.45) is 0 Å². The second kappa shape index (κ2) is 10.7. The SMILES string of the molecule is CNC(=O)C(C)N(Cc1ccc(C)cc1)C(=O)CSCc1c(Cl)cccc1Cl. The monoisotopic (exact) mass is 438 g/mol. The first-order chi connectivity index (χ1) is 13.3. The Balaban J connectivity index is 2.07. The van der Waals surface area contributed by atoms with Crippen molar-refractivity contribution in [1.29, 1.82) is 0 Å². The van der Waals surface area contributed by atoms with Gasteiger partial charge < -0.3 is 10.2 Å². The van der Waals surface area contributed by atoms with Gasteiger partial charge in [0.1, 0.15) is 6.04 Å². The number of aryl methyl sites for hydroxylation is 1. The standard InChI is InChI=1S/C21H24Cl2N2O2S/c1-14-7-9-16(10-8-14)11-25(15(2)21(27)24-3)20(26)13-28-12-17-18(22)5-4-6-19(17)23/h4-10,15H,11-13H2,1-3H3,(H,24,27). The molecule has 0 aliphatic heterocycles. The minimum Gasteiger partial charge on any atom is -0.357 e. The van der Waals surface area contributed by atoms with Crippen molar-refractivity contribution in [3.63, 3.8) is 0 Å². The Hall–Kier alpha value is -1.69. The largest absolute Gasteiger partial charge is 0.357 e. The number of thioether (sulfide) groups is 1. The average Bonchev–Trinajstić information content (AvgIpc) is 2.68. The molecule has 2 aromatic carbocycles. The average molecular weight is 439 g/mol. The zero-order valence-corrected chi connectivity index (χ0v) is 18.5. The Morgan fingerprint density at radius 2 is 1.71 bits per heavy atom. The quantitative estimate of drug-likeness (QED) is 0.649. The van der Waals surface area contributed by atoms with Gasteiger partial charge in [0, 0.05) is 29.4 Å². The number of hydrogen-bond acceptors (Lipinski definition) is 3. The Bertz CT molecular complexity index is 807. The molecule has 1 atom stereocenters. The van der Waals surface area contributed by atoms with Crippen LogP contribution < -0.4 is 5.32 Å². The fourth-order valence-corrected chi connectivity index (χ4v) is 4.32. The van der Waals surface area contributed by atoms with E-state index in [1.54, 1.807) is 37.1 Å². The summed E-state index contributed by atoms with van der Waals surface area (Å²) in [6, 6.07) is 12.7. The summed E-state index contributed by atoms with van der Waals surface area (Å²) in [4.78, 5) is 26.6. The molecule has 0 fully saturated rings. The number of amides is 2. The highest BCUT2D eigenvalue weighted by Gasteiger charge is 2.25. The van der Waals surface area contributed by atoms with Gasteiger partial charge in [-0.05, 0) is 37.1 Å². The summed E-state index contributed by atoms with van der Waals surface area (Å²) in [5.41, 5.74) is 2.94. The molecule has 28 heavy (non-hydrogen) atoms. The summed E-state index contributed by atoms with van der Waals surface area (Å²) in [5.74, 6) is 0.454. The predicted octanol–water partition coefficient (Wildman–Crippen LogP) is 4.70. The van der Waals surface area contributed by atoms with E-state index in [2.05, 4.69) is 5.32 Å². The summed E-state index contributed by atoms with van der Waals surface area (Å²) >= 11 is 13.8. The molecule has 150 valence electrons. The maximum absolute atomic E-state index is 12.9. The normalized spacial score (nSPS) is 11.8. The smallest absolute Gasteiger partial charge is 0.242 e. The van der Waals surface area contributed by atoms with Crippen molar-refractivity contribution in [2.75, 3.05) is 12.8 Å². The molecule has 0 heterocycles. The molecule has 0 bridgehead atoms. The molecule has 0 saturated carbocycles. The van der Waals surface area contributed by atoms with Crippen LogP contribution in [0.5, 0.6) is 0 Å². The van der Waals surface area contributed by atoms with Gasteiger partial charge in [-0.3, -0.25) is 9.59 Å². The first kappa shape index (κ1) is 22.6. The molecule has 1 unspecified atom stereocenters. The van der Waals surface area contributed by atoms with Crippen LogP contribution in [0.2, 0.25) is 10.0 Å². The van der Waals surface area contributed by atoms with Crippen molar-refractivity contribution >= 4 is 46.8 Å². The number of likely N-dealkylation sites (N-methyl/N-ethyl adjacent to an activating group) is 1. The van der Waals surface area contributed by atoms with Gasteiger partial charge in [-0.25, -0.2) is 0 Å². The van der Waals surface area contributed by atoms with Gasteiger partial charge in [0.2, 0.25) is 11.8 Å². The second-order valence-electron chi connectivity index (χ2n) is 6.49. The van der Waals surface area contributed by atoms with Crippen LogP contribution in [0.25, 0.3) is 0 Å². The van der Waals surface area contributed by atoms with Crippen molar-refractivity contribution in [2.45, 2.75) is 32.2 Å². The van der Waals surface area contributed by atoms with Crippen LogP contribution in [0.1, 0.15) is 23.6 Å². The molecule has 2 aromatic rings. The van der Waals surface area contributed by atoms with Crippen LogP contribution in [0.4, 0.5) is 0 Å². The van der Waals surface area contributed by atoms with Crippen molar-refractivity contribution in [3.8, 4) is 0 Å². The minimum atomic E-state index is -0.566. The molecule has 4 nitrogen and oxygen atoms in total. The number of nitrogens with zero attached hydrogens (tertiary/aromatic N) is 1. The second-order valence-corrected chi connectivity index (χ2v) is 8.29. The zero-order chi connectivity index (χ0) is 20.7. The Kier molecular flexibility index (Phi) is 8.67. The highest BCUT2D eigenvalue weighted by molar-refractivity contribution is 7.99. The van der Waals surface area contributed by atoms with Gasteiger partial charge in [0.15, 0.2) is 0 Å². The van der Waals surface area contributed by atoms with Crippen LogP contribution in [0, 0.1) is 6.92 Å². The maximum atomic E-state index is 12.9. The first-order valence-corrected chi connectivity index (χ1v) is 10.8. The van der Waals surface area contributed by atoms with E-state index in [4.69, 9.17) is 23.2 Å². The highest BCUT2D eigenvalue weighted by Crippen LogP contribution is 2.28. The van der Waals surface area contributed by atoms with Crippen LogP contribution in [-0.4, -0.2) is 35.6 Å². The van der Waals surface area contributed by atoms with Crippen LogP contribution in [-0.2, 0) is 21.9 Å². The molecule has 7 heteroatoms. The summed E-state index contributed by atoms with van der Waals surface area (Å²) in [6.45, 7) is 4.12. The lowest BCUT2D eigenvalue weighted by atomic mass is 10.1. The third-order valence-electron chi connectivity index (χ3n) is 4.42. The van der Waals surface area contributed by atoms with Gasteiger partial charge in [-0.1, -0.05) is 59.1 Å². The summed E-state index contributed by atoms with van der Waals surface area (Å²) in [5, 5.41) is 3.79. The van der Waals surface area contributed by atoms with Gasteiger partial charge >= 0.3 is 0 Å². The topological polar surface area (TPSA) is 49.4 Å². The number of nitrogens with one attached hydrogen (secondary N) is 1. The number of halogens is 2. The molecule has 0 aliphatic rings. The van der Waals surface area contributed by atoms with Crippen molar-refractivity contribution < 1.29 is 9.59 Å². The predicted molar refractivity (Wildman–Crippen MR) is 118 cm³/mol. The van der Waals surface area contributed by atoms with Crippen LogP contribution in [0.15, 0.2) is 42.5 Å². The molecular weight excluding hydrogens is 415 g/mol. The van der Waals surface area contributed by atoms with E-state index in [9.17, 15) is 9.59 Å². The summed E-state index contributed by atoms with van der Waals surface area (Å²) < 4.78 is 0. The molecule has 2 amide bonds. The van der Waals surface area contributed by atoms with Crippen LogP contribution >= 0.6 is 35.0 Å². The molecule has 2 rings (SSSR count). The third-order valence-corrected chi connectivity index (χ3v) is 6.07. The Morgan fingerprint density at radius 1 is 1.11 bits per heavy atom. The molecule has 0 spiro atoms. The lowest BCUT2D eigenvalue weighted by Gasteiger charge is -2.28. The molecular formula is C21H24Cl2N2O2S. The highest BCUT2D eigenvalue weighted by atomic mass is 35.5. The number of carbonyl (C=O) groups is 2. The van der Waals surface area contributed by atoms with Gasteiger partial charge in [-0.2, -0.15) is 0 Å². The lowest BCUT2D eigenvalue weighted by Crippen LogP contribution is -2.47. The van der Waals surface area contributed by atoms with E-state index in [0.29, 0.717) is 22.3 Å². The fourth-order valence-electron chi connectivity index (χ4n) is 2.68. The number of carbonyl (C=O) groups excluding carboxylic acids is 2. The first-order valence-electron chi connectivity index (χ1n) is 8.90. The molecule has 0 radical (unpaired) electrons. The summed E-state index contributed by atoms with van der Waals surface area (Å²) in [6.07, 6.45) is 0. The third kappa shape index (κ3) is 6.16. The van der Waals surface area contributed by atoms with Gasteiger partial charge in [0.05, 0.1) is 5.75 Å². The van der Waals surface area contributed by atoms with E-state index in [1.807, 2.05) is 31.2 Å². The number of rotatable bonds is 8. The van der Waals surface area contributed by atoms with Gasteiger partial charge in [-0.15, -0.1) is 11.8 Å². The number of hydrogen-bond donors (Lipinski definition) is 1. The van der Waals surface area contributed by atoms with Crippen molar-refractivity contribution in [3.05, 3.63) is 69.2 Å². The Labute approximate surface area is 180 Å². The molecule has 0 aromatic heterocycles. The van der Waals surface area contributed by atoms with E-state index >= 15 is 0 Å². The maximum Gasteiger partial charge on any atom is 0.242 e. The Morgan fingerprint density at radius 3 is 2.29 bits per heavy atom. The molecule has 0 aliphatic carbocycles. The zero-order valence-electron chi connectivity index (χ0n) is 16.2. The summed E-state index contributed by atoms with van der Waals surface area (Å²) in [7, 11) is 1.57. The van der Waals surface area contributed by atoms with Gasteiger partial charge in [0.25, 0.3) is 0 Å².